The number of halogens is 1. The summed E-state index contributed by atoms with van der Waals surface area (Å²) in [5.41, 5.74) is -0.308. The summed E-state index contributed by atoms with van der Waals surface area (Å²) in [7, 11) is 0. The molecular formula is C14H19BrN2O3. The summed E-state index contributed by atoms with van der Waals surface area (Å²) in [6.45, 7) is 3.73. The second-order valence-electron chi connectivity index (χ2n) is 4.82. The lowest BCUT2D eigenvalue weighted by atomic mass is 9.97. The number of rotatable bonds is 6. The van der Waals surface area contributed by atoms with Crippen molar-refractivity contribution in [2.24, 2.45) is 0 Å². The van der Waals surface area contributed by atoms with E-state index in [9.17, 15) is 14.7 Å². The van der Waals surface area contributed by atoms with Crippen molar-refractivity contribution < 1.29 is 14.7 Å². The zero-order chi connectivity index (χ0) is 15.2. The van der Waals surface area contributed by atoms with Crippen LogP contribution in [0.5, 0.6) is 0 Å². The van der Waals surface area contributed by atoms with E-state index >= 15 is 0 Å². The number of aliphatic carboxylic acids is 1. The van der Waals surface area contributed by atoms with Gasteiger partial charge in [0, 0.05) is 11.0 Å². The molecule has 5 nitrogen and oxygen atoms in total. The Morgan fingerprint density at radius 2 is 2.10 bits per heavy atom. The van der Waals surface area contributed by atoms with Gasteiger partial charge in [0.25, 0.3) is 0 Å². The largest absolute Gasteiger partial charge is 0.480 e. The summed E-state index contributed by atoms with van der Waals surface area (Å²) in [5.74, 6) is -1.03. The van der Waals surface area contributed by atoms with Gasteiger partial charge in [0.05, 0.1) is 0 Å². The molecule has 1 rings (SSSR count). The van der Waals surface area contributed by atoms with E-state index in [1.807, 2.05) is 31.2 Å². The van der Waals surface area contributed by atoms with Crippen LogP contribution in [0.25, 0.3) is 0 Å². The number of carboxylic acids is 1. The van der Waals surface area contributed by atoms with E-state index in [1.165, 1.54) is 6.92 Å². The number of urea groups is 1. The van der Waals surface area contributed by atoms with Gasteiger partial charge < -0.3 is 15.7 Å². The highest BCUT2D eigenvalue weighted by molar-refractivity contribution is 9.10. The summed E-state index contributed by atoms with van der Waals surface area (Å²) in [4.78, 5) is 23.0. The maximum Gasteiger partial charge on any atom is 0.329 e. The average Bonchev–Trinajstić information content (AvgIpc) is 2.36. The second kappa shape index (κ2) is 7.28. The first-order chi connectivity index (χ1) is 9.37. The first-order valence-corrected chi connectivity index (χ1v) is 7.20. The third kappa shape index (κ3) is 4.85. The Hall–Kier alpha value is -1.56. The SMILES string of the molecule is CCCC(C)(NC(=O)NCc1cccc(Br)c1)C(=O)O. The molecule has 0 fully saturated rings. The molecule has 3 N–H and O–H groups in total. The predicted octanol–water partition coefficient (Wildman–Crippen LogP) is 2.89. The molecule has 0 radical (unpaired) electrons. The van der Waals surface area contributed by atoms with Crippen molar-refractivity contribution in [3.8, 4) is 0 Å². The van der Waals surface area contributed by atoms with Crippen LogP contribution >= 0.6 is 15.9 Å². The summed E-state index contributed by atoms with van der Waals surface area (Å²) >= 11 is 3.35. The Kier molecular flexibility index (Phi) is 6.01. The van der Waals surface area contributed by atoms with E-state index in [1.54, 1.807) is 0 Å². The van der Waals surface area contributed by atoms with Gasteiger partial charge in [-0.25, -0.2) is 9.59 Å². The Bertz CT molecular complexity index is 493. The van der Waals surface area contributed by atoms with Crippen molar-refractivity contribution >= 4 is 27.9 Å². The highest BCUT2D eigenvalue weighted by Gasteiger charge is 2.33. The Morgan fingerprint density at radius 3 is 2.65 bits per heavy atom. The summed E-state index contributed by atoms with van der Waals surface area (Å²) < 4.78 is 0.929. The molecule has 0 aromatic heterocycles. The van der Waals surface area contributed by atoms with Crippen molar-refractivity contribution in [2.75, 3.05) is 0 Å². The van der Waals surface area contributed by atoms with E-state index in [4.69, 9.17) is 0 Å². The number of hydrogen-bond donors (Lipinski definition) is 3. The van der Waals surface area contributed by atoms with Gasteiger partial charge in [0.1, 0.15) is 5.54 Å². The molecule has 0 spiro atoms. The highest BCUT2D eigenvalue weighted by Crippen LogP contribution is 2.13. The molecule has 1 unspecified atom stereocenters. The minimum Gasteiger partial charge on any atom is -0.480 e. The molecule has 2 amide bonds. The maximum absolute atomic E-state index is 11.8. The van der Waals surface area contributed by atoms with Gasteiger partial charge in [-0.05, 0) is 31.0 Å². The average molecular weight is 343 g/mol. The number of carbonyl (C=O) groups is 2. The van der Waals surface area contributed by atoms with Gasteiger partial charge in [-0.1, -0.05) is 41.4 Å². The normalized spacial score (nSPS) is 13.3. The number of benzene rings is 1. The van der Waals surface area contributed by atoms with Gasteiger partial charge in [-0.3, -0.25) is 0 Å². The Balaban J connectivity index is 2.56. The summed E-state index contributed by atoms with van der Waals surface area (Å²) in [5, 5.41) is 14.4. The van der Waals surface area contributed by atoms with Gasteiger partial charge in [0.2, 0.25) is 0 Å². The van der Waals surface area contributed by atoms with Crippen LogP contribution in [0.2, 0.25) is 0 Å². The maximum atomic E-state index is 11.8. The molecule has 0 aliphatic heterocycles. The van der Waals surface area contributed by atoms with Crippen molar-refractivity contribution in [1.29, 1.82) is 0 Å². The standard InChI is InChI=1S/C14H19BrN2O3/c1-3-7-14(2,12(18)19)17-13(20)16-9-10-5-4-6-11(15)8-10/h4-6,8H,3,7,9H2,1-2H3,(H,18,19)(H2,16,17,20). The van der Waals surface area contributed by atoms with Crippen LogP contribution < -0.4 is 10.6 Å². The molecule has 110 valence electrons. The van der Waals surface area contributed by atoms with Crippen LogP contribution in [0.4, 0.5) is 4.79 Å². The van der Waals surface area contributed by atoms with Gasteiger partial charge >= 0.3 is 12.0 Å². The molecule has 6 heteroatoms. The third-order valence-corrected chi connectivity index (χ3v) is 3.45. The predicted molar refractivity (Wildman–Crippen MR) is 80.5 cm³/mol. The lowest BCUT2D eigenvalue weighted by Crippen LogP contribution is -2.55. The van der Waals surface area contributed by atoms with Gasteiger partial charge in [-0.2, -0.15) is 0 Å². The van der Waals surface area contributed by atoms with Crippen LogP contribution in [-0.2, 0) is 11.3 Å². The molecule has 0 saturated heterocycles. The lowest BCUT2D eigenvalue weighted by molar-refractivity contribution is -0.144. The molecule has 0 aliphatic carbocycles. The number of carbonyl (C=O) groups excluding carboxylic acids is 1. The van der Waals surface area contributed by atoms with Crippen LogP contribution in [0, 0.1) is 0 Å². The van der Waals surface area contributed by atoms with Crippen molar-refractivity contribution in [3.63, 3.8) is 0 Å². The minimum atomic E-state index is -1.24. The fraction of sp³-hybridized carbons (Fsp3) is 0.429. The molecule has 1 aromatic carbocycles. The highest BCUT2D eigenvalue weighted by atomic mass is 79.9. The fourth-order valence-corrected chi connectivity index (χ4v) is 2.29. The van der Waals surface area contributed by atoms with Crippen LogP contribution in [0.1, 0.15) is 32.3 Å². The Labute approximate surface area is 126 Å². The molecule has 0 heterocycles. The quantitative estimate of drug-likeness (QED) is 0.743. The topological polar surface area (TPSA) is 78.4 Å². The molecule has 0 aliphatic rings. The monoisotopic (exact) mass is 342 g/mol. The van der Waals surface area contributed by atoms with Crippen molar-refractivity contribution in [1.82, 2.24) is 10.6 Å². The van der Waals surface area contributed by atoms with Crippen LogP contribution in [0.15, 0.2) is 28.7 Å². The van der Waals surface area contributed by atoms with E-state index in [-0.39, 0.29) is 0 Å². The van der Waals surface area contributed by atoms with E-state index < -0.39 is 17.5 Å². The smallest absolute Gasteiger partial charge is 0.329 e. The molecule has 0 saturated carbocycles. The zero-order valence-electron chi connectivity index (χ0n) is 11.6. The molecule has 0 bridgehead atoms. The molecule has 1 aromatic rings. The number of hydrogen-bond acceptors (Lipinski definition) is 2. The number of carboxylic acid groups (broad SMARTS) is 1. The molecule has 1 atom stereocenters. The van der Waals surface area contributed by atoms with Crippen LogP contribution in [0.3, 0.4) is 0 Å². The first kappa shape index (κ1) is 16.5. The van der Waals surface area contributed by atoms with Crippen LogP contribution in [-0.4, -0.2) is 22.6 Å². The summed E-state index contributed by atoms with van der Waals surface area (Å²) in [6, 6.07) is 7.06. The minimum absolute atomic E-state index is 0.340. The van der Waals surface area contributed by atoms with E-state index in [0.717, 1.165) is 10.0 Å². The van der Waals surface area contributed by atoms with E-state index in [0.29, 0.717) is 19.4 Å². The number of amides is 2. The van der Waals surface area contributed by atoms with Gasteiger partial charge in [-0.15, -0.1) is 0 Å². The Morgan fingerprint density at radius 1 is 1.40 bits per heavy atom. The van der Waals surface area contributed by atoms with E-state index in [2.05, 4.69) is 26.6 Å². The van der Waals surface area contributed by atoms with Crippen molar-refractivity contribution in [2.45, 2.75) is 38.8 Å². The van der Waals surface area contributed by atoms with Crippen molar-refractivity contribution in [3.05, 3.63) is 34.3 Å². The zero-order valence-corrected chi connectivity index (χ0v) is 13.2. The molecular weight excluding hydrogens is 324 g/mol. The lowest BCUT2D eigenvalue weighted by Gasteiger charge is -2.25. The fourth-order valence-electron chi connectivity index (χ4n) is 1.85. The first-order valence-electron chi connectivity index (χ1n) is 6.41. The van der Waals surface area contributed by atoms with Gasteiger partial charge in [0.15, 0.2) is 0 Å². The molecule has 20 heavy (non-hydrogen) atoms. The third-order valence-electron chi connectivity index (χ3n) is 2.95. The number of nitrogens with one attached hydrogen (secondary N) is 2. The second-order valence-corrected chi connectivity index (χ2v) is 5.74. The summed E-state index contributed by atoms with van der Waals surface area (Å²) in [6.07, 6.45) is 1.06.